The van der Waals surface area contributed by atoms with Crippen LogP contribution in [0.15, 0.2) is 47.6 Å². The van der Waals surface area contributed by atoms with E-state index in [0.717, 1.165) is 24.0 Å². The Bertz CT molecular complexity index is 1190. The summed E-state index contributed by atoms with van der Waals surface area (Å²) in [5.74, 6) is -0.642. The van der Waals surface area contributed by atoms with Gasteiger partial charge < -0.3 is 4.74 Å². The van der Waals surface area contributed by atoms with E-state index in [-0.39, 0.29) is 27.7 Å². The maximum Gasteiger partial charge on any atom is 0.263 e. The molecule has 0 unspecified atom stereocenters. The van der Waals surface area contributed by atoms with Crippen molar-refractivity contribution in [3.8, 4) is 23.2 Å². The molecular formula is C18H14FN5O3S. The van der Waals surface area contributed by atoms with Gasteiger partial charge in [-0.15, -0.1) is 5.10 Å². The smallest absolute Gasteiger partial charge is 0.263 e. The largest absolute Gasteiger partial charge is 0.480 e. The quantitative estimate of drug-likeness (QED) is 0.701. The van der Waals surface area contributed by atoms with E-state index in [2.05, 4.69) is 19.9 Å². The van der Waals surface area contributed by atoms with Gasteiger partial charge >= 0.3 is 0 Å². The minimum Gasteiger partial charge on any atom is -0.480 e. The maximum absolute atomic E-state index is 13.9. The van der Waals surface area contributed by atoms with Crippen LogP contribution in [-0.4, -0.2) is 30.7 Å². The summed E-state index contributed by atoms with van der Waals surface area (Å²) < 4.78 is 46.5. The van der Waals surface area contributed by atoms with Gasteiger partial charge in [-0.25, -0.2) is 12.8 Å². The normalized spacial score (nSPS) is 10.9. The Morgan fingerprint density at radius 2 is 1.96 bits per heavy atom. The lowest BCUT2D eigenvalue weighted by Gasteiger charge is -2.11. The Kier molecular flexibility index (Phi) is 5.19. The number of halogens is 1. The van der Waals surface area contributed by atoms with Crippen LogP contribution < -0.4 is 9.46 Å². The van der Waals surface area contributed by atoms with Crippen molar-refractivity contribution in [3.05, 3.63) is 59.7 Å². The highest BCUT2D eigenvalue weighted by Gasteiger charge is 2.17. The number of nitrogens with zero attached hydrogens (tertiary/aromatic N) is 4. The van der Waals surface area contributed by atoms with Gasteiger partial charge in [-0.3, -0.25) is 9.71 Å². The summed E-state index contributed by atoms with van der Waals surface area (Å²) in [5, 5.41) is 16.1. The van der Waals surface area contributed by atoms with E-state index in [9.17, 15) is 12.8 Å². The number of aromatic nitrogens is 3. The number of hydrogen-bond acceptors (Lipinski definition) is 7. The first-order chi connectivity index (χ1) is 13.3. The first-order valence-corrected chi connectivity index (χ1v) is 9.38. The van der Waals surface area contributed by atoms with Gasteiger partial charge in [0.25, 0.3) is 10.0 Å². The summed E-state index contributed by atoms with van der Waals surface area (Å²) in [6.45, 7) is 1.76. The summed E-state index contributed by atoms with van der Waals surface area (Å²) >= 11 is 0. The van der Waals surface area contributed by atoms with Gasteiger partial charge in [0, 0.05) is 29.6 Å². The predicted octanol–water partition coefficient (Wildman–Crippen LogP) is 2.67. The molecule has 0 aliphatic rings. The van der Waals surface area contributed by atoms with Crippen LogP contribution in [0.1, 0.15) is 11.1 Å². The van der Waals surface area contributed by atoms with Crippen molar-refractivity contribution in [2.75, 3.05) is 11.8 Å². The molecule has 0 aliphatic carbocycles. The van der Waals surface area contributed by atoms with Crippen LogP contribution in [0.4, 0.5) is 10.1 Å². The molecule has 0 radical (unpaired) electrons. The molecule has 0 saturated carbocycles. The highest BCUT2D eigenvalue weighted by molar-refractivity contribution is 7.92. The Hall–Kier alpha value is -3.58. The average molecular weight is 399 g/mol. The average Bonchev–Trinajstić information content (AvgIpc) is 2.67. The summed E-state index contributed by atoms with van der Waals surface area (Å²) in [4.78, 5) is 3.95. The molecule has 2 aromatic heterocycles. The van der Waals surface area contributed by atoms with E-state index >= 15 is 0 Å². The molecule has 2 heterocycles. The summed E-state index contributed by atoms with van der Waals surface area (Å²) in [6, 6.07) is 8.93. The van der Waals surface area contributed by atoms with Crippen LogP contribution >= 0.6 is 0 Å². The second-order valence-electron chi connectivity index (χ2n) is 5.79. The number of rotatable bonds is 5. The van der Waals surface area contributed by atoms with Crippen molar-refractivity contribution < 1.29 is 17.5 Å². The van der Waals surface area contributed by atoms with Crippen molar-refractivity contribution in [2.24, 2.45) is 0 Å². The van der Waals surface area contributed by atoms with Crippen LogP contribution in [0, 0.1) is 24.1 Å². The van der Waals surface area contributed by atoms with Gasteiger partial charge in [0.2, 0.25) is 5.88 Å². The van der Waals surface area contributed by atoms with Gasteiger partial charge in [0.1, 0.15) is 22.3 Å². The standard InChI is InChI=1S/C18H14FN5O3S/c1-11-3-12(17-7-16(19)13(8-20)9-21-17)5-14(4-11)24-28(25,26)15-6-18(27-2)23-22-10-15/h3-7,9-10,24H,1-2H3. The van der Waals surface area contributed by atoms with Gasteiger partial charge in [-0.1, -0.05) is 0 Å². The van der Waals surface area contributed by atoms with Crippen LogP contribution in [0.2, 0.25) is 0 Å². The van der Waals surface area contributed by atoms with E-state index in [1.165, 1.54) is 19.2 Å². The lowest BCUT2D eigenvalue weighted by molar-refractivity contribution is 0.390. The van der Waals surface area contributed by atoms with Crippen LogP contribution in [0.3, 0.4) is 0 Å². The lowest BCUT2D eigenvalue weighted by atomic mass is 10.1. The molecule has 10 heteroatoms. The molecule has 8 nitrogen and oxygen atoms in total. The molecule has 3 aromatic rings. The van der Waals surface area contributed by atoms with Crippen LogP contribution in [0.25, 0.3) is 11.3 Å². The molecule has 28 heavy (non-hydrogen) atoms. The van der Waals surface area contributed by atoms with E-state index in [4.69, 9.17) is 10.00 Å². The maximum atomic E-state index is 13.9. The molecule has 142 valence electrons. The zero-order valence-electron chi connectivity index (χ0n) is 14.8. The molecule has 0 atom stereocenters. The van der Waals surface area contributed by atoms with Gasteiger partial charge in [-0.2, -0.15) is 10.4 Å². The van der Waals surface area contributed by atoms with E-state index in [1.54, 1.807) is 25.1 Å². The number of hydrogen-bond donors (Lipinski definition) is 1. The fourth-order valence-electron chi connectivity index (χ4n) is 2.45. The number of aryl methyl sites for hydroxylation is 1. The number of benzene rings is 1. The lowest BCUT2D eigenvalue weighted by Crippen LogP contribution is -2.14. The fraction of sp³-hybridized carbons (Fsp3) is 0.111. The predicted molar refractivity (Wildman–Crippen MR) is 98.5 cm³/mol. The third kappa shape index (κ3) is 4.05. The van der Waals surface area contributed by atoms with Crippen LogP contribution in [0.5, 0.6) is 5.88 Å². The second-order valence-corrected chi connectivity index (χ2v) is 7.47. The monoisotopic (exact) mass is 399 g/mol. The Morgan fingerprint density at radius 1 is 1.18 bits per heavy atom. The number of anilines is 1. The number of nitriles is 1. The van der Waals surface area contributed by atoms with Gasteiger partial charge in [0.05, 0.1) is 19.0 Å². The molecule has 1 aromatic carbocycles. The fourth-order valence-corrected chi connectivity index (χ4v) is 3.44. The van der Waals surface area contributed by atoms with E-state index < -0.39 is 15.8 Å². The van der Waals surface area contributed by atoms with Gasteiger partial charge in [-0.05, 0) is 30.7 Å². The number of sulfonamides is 1. The number of pyridine rings is 1. The Balaban J connectivity index is 1.97. The number of methoxy groups -OCH3 is 1. The van der Waals surface area contributed by atoms with Crippen molar-refractivity contribution in [1.82, 2.24) is 15.2 Å². The molecule has 0 amide bonds. The first kappa shape index (κ1) is 19.2. The molecule has 3 rings (SSSR count). The molecule has 1 N–H and O–H groups in total. The summed E-state index contributed by atoms with van der Waals surface area (Å²) in [6.07, 6.45) is 2.23. The zero-order valence-corrected chi connectivity index (χ0v) is 15.7. The second kappa shape index (κ2) is 7.58. The molecule has 0 fully saturated rings. The molecule has 0 bridgehead atoms. The Labute approximate surface area is 160 Å². The third-order valence-corrected chi connectivity index (χ3v) is 5.07. The zero-order chi connectivity index (χ0) is 20.3. The van der Waals surface area contributed by atoms with E-state index in [1.807, 2.05) is 0 Å². The SMILES string of the molecule is COc1cc(S(=O)(=O)Nc2cc(C)cc(-c3cc(F)c(C#N)cn3)c2)cnn1. The number of nitrogens with one attached hydrogen (secondary N) is 1. The Morgan fingerprint density at radius 3 is 2.64 bits per heavy atom. The first-order valence-electron chi connectivity index (χ1n) is 7.89. The molecular weight excluding hydrogens is 385 g/mol. The van der Waals surface area contributed by atoms with Gasteiger partial charge in [0.15, 0.2) is 0 Å². The highest BCUT2D eigenvalue weighted by Crippen LogP contribution is 2.26. The minimum absolute atomic E-state index is 0.0602. The van der Waals surface area contributed by atoms with Crippen molar-refractivity contribution in [2.45, 2.75) is 11.8 Å². The topological polar surface area (TPSA) is 118 Å². The van der Waals surface area contributed by atoms with Crippen molar-refractivity contribution in [3.63, 3.8) is 0 Å². The minimum atomic E-state index is -3.95. The van der Waals surface area contributed by atoms with Crippen molar-refractivity contribution >= 4 is 15.7 Å². The summed E-state index contributed by atoms with van der Waals surface area (Å²) in [5.41, 5.74) is 1.58. The van der Waals surface area contributed by atoms with Crippen LogP contribution in [-0.2, 0) is 10.0 Å². The van der Waals surface area contributed by atoms with Crippen molar-refractivity contribution in [1.29, 1.82) is 5.26 Å². The molecule has 0 spiro atoms. The molecule has 0 aliphatic heterocycles. The third-order valence-electron chi connectivity index (χ3n) is 3.73. The molecule has 0 saturated heterocycles. The summed E-state index contributed by atoms with van der Waals surface area (Å²) in [7, 11) is -2.60. The highest BCUT2D eigenvalue weighted by atomic mass is 32.2. The van der Waals surface area contributed by atoms with E-state index in [0.29, 0.717) is 5.56 Å². The number of ether oxygens (including phenoxy) is 1.